The topological polar surface area (TPSA) is 79.4 Å². The van der Waals surface area contributed by atoms with Crippen LogP contribution in [-0.4, -0.2) is 36.7 Å². The summed E-state index contributed by atoms with van der Waals surface area (Å²) in [4.78, 5) is 16.9. The molecule has 0 saturated carbocycles. The van der Waals surface area contributed by atoms with Gasteiger partial charge >= 0.3 is 0 Å². The summed E-state index contributed by atoms with van der Waals surface area (Å²) in [5.74, 6) is -0.147. The van der Waals surface area contributed by atoms with Crippen molar-refractivity contribution in [3.63, 3.8) is 0 Å². The van der Waals surface area contributed by atoms with E-state index in [1.807, 2.05) is 30.3 Å². The van der Waals surface area contributed by atoms with Crippen LogP contribution in [0.1, 0.15) is 24.8 Å². The molecular formula is C20H21N3O3S2. The Morgan fingerprint density at radius 1 is 1.07 bits per heavy atom. The van der Waals surface area contributed by atoms with Gasteiger partial charge in [-0.3, -0.25) is 4.79 Å². The Hall–Kier alpha value is -2.29. The number of thiazole rings is 1. The summed E-state index contributed by atoms with van der Waals surface area (Å²) in [6.07, 6.45) is 3.15. The Balaban J connectivity index is 1.52. The van der Waals surface area contributed by atoms with Gasteiger partial charge in [-0.2, -0.15) is 4.31 Å². The fraction of sp³-hybridized carbons (Fsp3) is 0.300. The van der Waals surface area contributed by atoms with Gasteiger partial charge in [0, 0.05) is 13.1 Å². The second kappa shape index (κ2) is 7.98. The molecule has 1 aliphatic heterocycles. The van der Waals surface area contributed by atoms with E-state index in [9.17, 15) is 13.2 Å². The quantitative estimate of drug-likeness (QED) is 0.690. The van der Waals surface area contributed by atoms with Crippen molar-refractivity contribution in [2.45, 2.75) is 30.6 Å². The van der Waals surface area contributed by atoms with Gasteiger partial charge in [-0.05, 0) is 36.6 Å². The molecule has 3 aromatic rings. The highest BCUT2D eigenvalue weighted by Crippen LogP contribution is 2.30. The smallest absolute Gasteiger partial charge is 0.243 e. The summed E-state index contributed by atoms with van der Waals surface area (Å²) in [5.41, 5.74) is 1.61. The number of amides is 1. The number of piperidine rings is 1. The van der Waals surface area contributed by atoms with Crippen LogP contribution < -0.4 is 5.32 Å². The van der Waals surface area contributed by atoms with E-state index < -0.39 is 10.0 Å². The normalized spacial score (nSPS) is 15.6. The van der Waals surface area contributed by atoms with Gasteiger partial charge in [0.1, 0.15) is 0 Å². The SMILES string of the molecule is O=C(Cc1ccccc1)Nc1nc2ccc(S(=O)(=O)N3CCCCC3)cc2s1. The van der Waals surface area contributed by atoms with Crippen molar-refractivity contribution >= 4 is 42.6 Å². The highest BCUT2D eigenvalue weighted by molar-refractivity contribution is 7.89. The van der Waals surface area contributed by atoms with E-state index in [1.165, 1.54) is 11.3 Å². The summed E-state index contributed by atoms with van der Waals surface area (Å²) in [6.45, 7) is 1.15. The van der Waals surface area contributed by atoms with Crippen LogP contribution in [0.3, 0.4) is 0 Å². The first-order chi connectivity index (χ1) is 13.5. The molecule has 0 radical (unpaired) electrons. The van der Waals surface area contributed by atoms with Crippen molar-refractivity contribution in [3.8, 4) is 0 Å². The van der Waals surface area contributed by atoms with Gasteiger partial charge in [-0.15, -0.1) is 0 Å². The standard InChI is InChI=1S/C20H21N3O3S2/c24-19(13-15-7-3-1-4-8-15)22-20-21-17-10-9-16(14-18(17)27-20)28(25,26)23-11-5-2-6-12-23/h1,3-4,7-10,14H,2,5-6,11-13H2,(H,21,22,24). The number of carbonyl (C=O) groups is 1. The van der Waals surface area contributed by atoms with E-state index in [4.69, 9.17) is 0 Å². The lowest BCUT2D eigenvalue weighted by atomic mass is 10.1. The number of hydrogen-bond donors (Lipinski definition) is 1. The van der Waals surface area contributed by atoms with Gasteiger partial charge in [0.25, 0.3) is 0 Å². The first kappa shape index (κ1) is 19.0. The maximum absolute atomic E-state index is 12.9. The Morgan fingerprint density at radius 3 is 2.57 bits per heavy atom. The minimum absolute atomic E-state index is 0.147. The molecule has 2 aromatic carbocycles. The largest absolute Gasteiger partial charge is 0.302 e. The zero-order valence-corrected chi connectivity index (χ0v) is 16.9. The number of anilines is 1. The maximum atomic E-state index is 12.9. The molecule has 0 aliphatic carbocycles. The van der Waals surface area contributed by atoms with E-state index in [2.05, 4.69) is 10.3 Å². The monoisotopic (exact) mass is 415 g/mol. The summed E-state index contributed by atoms with van der Waals surface area (Å²) in [6, 6.07) is 14.5. The molecule has 1 N–H and O–H groups in total. The third kappa shape index (κ3) is 4.09. The van der Waals surface area contributed by atoms with E-state index in [0.717, 1.165) is 29.5 Å². The number of sulfonamides is 1. The van der Waals surface area contributed by atoms with Gasteiger partial charge in [-0.1, -0.05) is 48.1 Å². The van der Waals surface area contributed by atoms with Crippen LogP contribution in [0.2, 0.25) is 0 Å². The first-order valence-electron chi connectivity index (χ1n) is 9.27. The molecule has 0 spiro atoms. The number of benzene rings is 2. The molecule has 0 bridgehead atoms. The highest BCUT2D eigenvalue weighted by atomic mass is 32.2. The lowest BCUT2D eigenvalue weighted by Crippen LogP contribution is -2.35. The van der Waals surface area contributed by atoms with Crippen molar-refractivity contribution in [1.29, 1.82) is 0 Å². The average Bonchev–Trinajstić information content (AvgIpc) is 3.10. The molecule has 28 heavy (non-hydrogen) atoms. The maximum Gasteiger partial charge on any atom is 0.243 e. The molecule has 1 aromatic heterocycles. The van der Waals surface area contributed by atoms with Crippen LogP contribution >= 0.6 is 11.3 Å². The van der Waals surface area contributed by atoms with Crippen LogP contribution in [-0.2, 0) is 21.2 Å². The fourth-order valence-electron chi connectivity index (χ4n) is 3.32. The molecule has 146 valence electrons. The molecule has 6 nitrogen and oxygen atoms in total. The van der Waals surface area contributed by atoms with Crippen molar-refractivity contribution in [1.82, 2.24) is 9.29 Å². The predicted octanol–water partition coefficient (Wildman–Crippen LogP) is 3.65. The van der Waals surface area contributed by atoms with Gasteiger partial charge in [0.05, 0.1) is 21.5 Å². The zero-order chi connectivity index (χ0) is 19.6. The molecular weight excluding hydrogens is 394 g/mol. The minimum atomic E-state index is -3.48. The van der Waals surface area contributed by atoms with E-state index in [-0.39, 0.29) is 17.2 Å². The average molecular weight is 416 g/mol. The van der Waals surface area contributed by atoms with Crippen molar-refractivity contribution in [3.05, 3.63) is 54.1 Å². The number of fused-ring (bicyclic) bond motifs is 1. The van der Waals surface area contributed by atoms with Crippen LogP contribution in [0.25, 0.3) is 10.2 Å². The third-order valence-electron chi connectivity index (χ3n) is 4.77. The molecule has 1 fully saturated rings. The van der Waals surface area contributed by atoms with Crippen molar-refractivity contribution < 1.29 is 13.2 Å². The van der Waals surface area contributed by atoms with Gasteiger partial charge in [0.15, 0.2) is 5.13 Å². The molecule has 8 heteroatoms. The Labute approximate surface area is 168 Å². The van der Waals surface area contributed by atoms with E-state index >= 15 is 0 Å². The summed E-state index contributed by atoms with van der Waals surface area (Å²) in [5, 5.41) is 3.29. The number of carbonyl (C=O) groups excluding carboxylic acids is 1. The zero-order valence-electron chi connectivity index (χ0n) is 15.3. The summed E-state index contributed by atoms with van der Waals surface area (Å²) >= 11 is 1.29. The van der Waals surface area contributed by atoms with Crippen LogP contribution in [0.15, 0.2) is 53.4 Å². The minimum Gasteiger partial charge on any atom is -0.302 e. The van der Waals surface area contributed by atoms with Crippen LogP contribution in [0.5, 0.6) is 0 Å². The second-order valence-corrected chi connectivity index (χ2v) is 9.79. The Morgan fingerprint density at radius 2 is 1.82 bits per heavy atom. The third-order valence-corrected chi connectivity index (χ3v) is 7.59. The molecule has 1 amide bonds. The number of hydrogen-bond acceptors (Lipinski definition) is 5. The Kier molecular flexibility index (Phi) is 5.43. The highest BCUT2D eigenvalue weighted by Gasteiger charge is 2.26. The lowest BCUT2D eigenvalue weighted by molar-refractivity contribution is -0.115. The number of rotatable bonds is 5. The van der Waals surface area contributed by atoms with Crippen molar-refractivity contribution in [2.24, 2.45) is 0 Å². The fourth-order valence-corrected chi connectivity index (χ4v) is 5.86. The van der Waals surface area contributed by atoms with Gasteiger partial charge in [-0.25, -0.2) is 13.4 Å². The second-order valence-electron chi connectivity index (χ2n) is 6.82. The summed E-state index contributed by atoms with van der Waals surface area (Å²) < 4.78 is 28.0. The number of aromatic nitrogens is 1. The van der Waals surface area contributed by atoms with Crippen molar-refractivity contribution in [2.75, 3.05) is 18.4 Å². The van der Waals surface area contributed by atoms with E-state index in [1.54, 1.807) is 22.5 Å². The van der Waals surface area contributed by atoms with Gasteiger partial charge in [0.2, 0.25) is 15.9 Å². The lowest BCUT2D eigenvalue weighted by Gasteiger charge is -2.25. The summed E-state index contributed by atoms with van der Waals surface area (Å²) in [7, 11) is -3.48. The Bertz CT molecular complexity index is 1090. The molecule has 2 heterocycles. The molecule has 1 aliphatic rings. The number of nitrogens with zero attached hydrogens (tertiary/aromatic N) is 2. The van der Waals surface area contributed by atoms with Gasteiger partial charge < -0.3 is 5.32 Å². The number of nitrogens with one attached hydrogen (secondary N) is 1. The predicted molar refractivity (Wildman–Crippen MR) is 111 cm³/mol. The van der Waals surface area contributed by atoms with Crippen LogP contribution in [0, 0.1) is 0 Å². The van der Waals surface area contributed by atoms with E-state index in [0.29, 0.717) is 23.7 Å². The van der Waals surface area contributed by atoms with Crippen LogP contribution in [0.4, 0.5) is 5.13 Å². The molecule has 4 rings (SSSR count). The molecule has 1 saturated heterocycles. The molecule has 0 unspecified atom stereocenters. The molecule has 0 atom stereocenters. The first-order valence-corrected chi connectivity index (χ1v) is 11.5.